The average Bonchev–Trinajstić information content (AvgIpc) is 2.63. The van der Waals surface area contributed by atoms with Gasteiger partial charge in [-0.25, -0.2) is 4.79 Å². The number of amides is 2. The fourth-order valence-corrected chi connectivity index (χ4v) is 3.37. The van der Waals surface area contributed by atoms with Crippen molar-refractivity contribution in [1.29, 1.82) is 0 Å². The Balaban J connectivity index is 1.97. The van der Waals surface area contributed by atoms with Crippen LogP contribution in [0.4, 0.5) is 4.79 Å². The van der Waals surface area contributed by atoms with Crippen molar-refractivity contribution in [3.63, 3.8) is 0 Å². The van der Waals surface area contributed by atoms with Gasteiger partial charge in [-0.2, -0.15) is 0 Å². The van der Waals surface area contributed by atoms with E-state index in [-0.39, 0.29) is 24.3 Å². The van der Waals surface area contributed by atoms with E-state index in [4.69, 9.17) is 4.74 Å². The minimum Gasteiger partial charge on any atom is -0.481 e. The average molecular weight is 298 g/mol. The maximum absolute atomic E-state index is 12.4. The maximum Gasteiger partial charge on any atom is 0.317 e. The summed E-state index contributed by atoms with van der Waals surface area (Å²) in [5.74, 6) is -1.27. The van der Waals surface area contributed by atoms with Crippen molar-refractivity contribution in [2.24, 2.45) is 5.92 Å². The van der Waals surface area contributed by atoms with E-state index in [9.17, 15) is 14.7 Å². The van der Waals surface area contributed by atoms with Gasteiger partial charge in [0.25, 0.3) is 0 Å². The van der Waals surface area contributed by atoms with Gasteiger partial charge in [0.1, 0.15) is 0 Å². The number of hydrogen-bond donors (Lipinski definition) is 2. The molecule has 2 rings (SSSR count). The van der Waals surface area contributed by atoms with Crippen LogP contribution >= 0.6 is 0 Å². The predicted molar refractivity (Wildman–Crippen MR) is 78.1 cm³/mol. The van der Waals surface area contributed by atoms with Crippen LogP contribution in [-0.2, 0) is 9.53 Å². The summed E-state index contributed by atoms with van der Waals surface area (Å²) in [6, 6.07) is -0.416. The summed E-state index contributed by atoms with van der Waals surface area (Å²) in [6.07, 6.45) is 4.38. The van der Waals surface area contributed by atoms with Crippen LogP contribution in [0, 0.1) is 5.92 Å². The van der Waals surface area contributed by atoms with Crippen molar-refractivity contribution < 1.29 is 19.4 Å². The lowest BCUT2D eigenvalue weighted by Gasteiger charge is -2.36. The smallest absolute Gasteiger partial charge is 0.317 e. The van der Waals surface area contributed by atoms with Crippen molar-refractivity contribution >= 4 is 12.0 Å². The minimum absolute atomic E-state index is 0.0175. The van der Waals surface area contributed by atoms with Gasteiger partial charge in [-0.15, -0.1) is 0 Å². The lowest BCUT2D eigenvalue weighted by molar-refractivity contribution is -0.142. The van der Waals surface area contributed by atoms with E-state index in [0.29, 0.717) is 19.5 Å². The van der Waals surface area contributed by atoms with Crippen LogP contribution in [0.25, 0.3) is 0 Å². The van der Waals surface area contributed by atoms with Crippen molar-refractivity contribution in [3.8, 4) is 0 Å². The molecule has 4 atom stereocenters. The topological polar surface area (TPSA) is 78.9 Å². The Labute approximate surface area is 125 Å². The zero-order valence-corrected chi connectivity index (χ0v) is 12.9. The van der Waals surface area contributed by atoms with Crippen LogP contribution in [0.15, 0.2) is 0 Å². The number of rotatable bonds is 2. The molecule has 6 nitrogen and oxygen atoms in total. The molecular formula is C15H26N2O4. The SMILES string of the molecule is CC1CN(C(=O)NC2CCCCCC2C(=O)O)CC(C)O1. The molecule has 1 aliphatic heterocycles. The second kappa shape index (κ2) is 7.11. The number of urea groups is 1. The molecule has 21 heavy (non-hydrogen) atoms. The van der Waals surface area contributed by atoms with E-state index in [1.165, 1.54) is 0 Å². The van der Waals surface area contributed by atoms with Crippen LogP contribution in [0.5, 0.6) is 0 Å². The first kappa shape index (κ1) is 16.1. The van der Waals surface area contributed by atoms with E-state index in [0.717, 1.165) is 25.7 Å². The molecule has 0 bridgehead atoms. The number of carboxylic acid groups (broad SMARTS) is 1. The quantitative estimate of drug-likeness (QED) is 0.762. The molecule has 0 aromatic rings. The molecule has 6 heteroatoms. The lowest BCUT2D eigenvalue weighted by atomic mass is 9.95. The summed E-state index contributed by atoms with van der Waals surface area (Å²) in [7, 11) is 0. The highest BCUT2D eigenvalue weighted by Gasteiger charge is 2.33. The zero-order chi connectivity index (χ0) is 15.4. The first-order valence-corrected chi connectivity index (χ1v) is 7.91. The number of nitrogens with one attached hydrogen (secondary N) is 1. The van der Waals surface area contributed by atoms with Crippen LogP contribution in [0.1, 0.15) is 46.0 Å². The highest BCUT2D eigenvalue weighted by Crippen LogP contribution is 2.24. The van der Waals surface area contributed by atoms with Gasteiger partial charge in [-0.05, 0) is 26.7 Å². The Morgan fingerprint density at radius 2 is 1.71 bits per heavy atom. The Morgan fingerprint density at radius 1 is 1.10 bits per heavy atom. The van der Waals surface area contributed by atoms with Crippen LogP contribution in [-0.4, -0.2) is 53.3 Å². The monoisotopic (exact) mass is 298 g/mol. The summed E-state index contributed by atoms with van der Waals surface area (Å²) in [4.78, 5) is 25.5. The molecule has 1 saturated heterocycles. The zero-order valence-electron chi connectivity index (χ0n) is 12.9. The first-order chi connectivity index (χ1) is 9.97. The maximum atomic E-state index is 12.4. The molecule has 1 aliphatic carbocycles. The van der Waals surface area contributed by atoms with E-state index < -0.39 is 11.9 Å². The fraction of sp³-hybridized carbons (Fsp3) is 0.867. The standard InChI is InChI=1S/C15H26N2O4/c1-10-8-17(9-11(2)21-10)15(20)16-13-7-5-3-4-6-12(13)14(18)19/h10-13H,3-9H2,1-2H3,(H,16,20)(H,18,19). The second-order valence-electron chi connectivity index (χ2n) is 6.30. The number of ether oxygens (including phenoxy) is 1. The van der Waals surface area contributed by atoms with E-state index in [1.54, 1.807) is 4.90 Å². The van der Waals surface area contributed by atoms with Crippen molar-refractivity contribution in [3.05, 3.63) is 0 Å². The molecule has 0 aromatic heterocycles. The largest absolute Gasteiger partial charge is 0.481 e. The molecule has 4 unspecified atom stereocenters. The van der Waals surface area contributed by atoms with Gasteiger partial charge in [0.05, 0.1) is 18.1 Å². The molecule has 2 amide bonds. The third kappa shape index (κ3) is 4.33. The fourth-order valence-electron chi connectivity index (χ4n) is 3.37. The Morgan fingerprint density at radius 3 is 2.33 bits per heavy atom. The van der Waals surface area contributed by atoms with Gasteiger partial charge in [-0.1, -0.05) is 19.3 Å². The summed E-state index contributed by atoms with van der Waals surface area (Å²) in [6.45, 7) is 5.00. The van der Waals surface area contributed by atoms with E-state index in [1.807, 2.05) is 13.8 Å². The summed E-state index contributed by atoms with van der Waals surface area (Å²) in [5, 5.41) is 12.3. The number of nitrogens with zero attached hydrogens (tertiary/aromatic N) is 1. The van der Waals surface area contributed by atoms with E-state index >= 15 is 0 Å². The molecule has 0 spiro atoms. The Kier molecular flexibility index (Phi) is 5.45. The molecule has 2 aliphatic rings. The number of carbonyl (C=O) groups is 2. The van der Waals surface area contributed by atoms with Gasteiger partial charge in [0.2, 0.25) is 0 Å². The van der Waals surface area contributed by atoms with Crippen molar-refractivity contribution in [2.75, 3.05) is 13.1 Å². The van der Waals surface area contributed by atoms with Crippen molar-refractivity contribution in [1.82, 2.24) is 10.2 Å². The molecule has 120 valence electrons. The van der Waals surface area contributed by atoms with Gasteiger partial charge in [-0.3, -0.25) is 4.79 Å². The Hall–Kier alpha value is -1.30. The second-order valence-corrected chi connectivity index (χ2v) is 6.30. The van der Waals surface area contributed by atoms with Gasteiger partial charge >= 0.3 is 12.0 Å². The minimum atomic E-state index is -0.800. The number of carbonyl (C=O) groups excluding carboxylic acids is 1. The molecule has 0 radical (unpaired) electrons. The summed E-state index contributed by atoms with van der Waals surface area (Å²) >= 11 is 0. The molecular weight excluding hydrogens is 272 g/mol. The number of morpholine rings is 1. The van der Waals surface area contributed by atoms with Crippen LogP contribution < -0.4 is 5.32 Å². The molecule has 1 saturated carbocycles. The number of hydrogen-bond acceptors (Lipinski definition) is 3. The van der Waals surface area contributed by atoms with Crippen LogP contribution in [0.2, 0.25) is 0 Å². The Bertz CT molecular complexity index is 378. The van der Waals surface area contributed by atoms with Gasteiger partial charge in [0, 0.05) is 19.1 Å². The third-order valence-electron chi connectivity index (χ3n) is 4.35. The first-order valence-electron chi connectivity index (χ1n) is 7.91. The third-order valence-corrected chi connectivity index (χ3v) is 4.35. The molecule has 2 N–H and O–H groups in total. The van der Waals surface area contributed by atoms with Crippen LogP contribution in [0.3, 0.4) is 0 Å². The molecule has 0 aromatic carbocycles. The van der Waals surface area contributed by atoms with Gasteiger partial charge in [0.15, 0.2) is 0 Å². The molecule has 2 fully saturated rings. The normalized spacial score (nSPS) is 34.1. The highest BCUT2D eigenvalue weighted by molar-refractivity contribution is 5.77. The summed E-state index contributed by atoms with van der Waals surface area (Å²) < 4.78 is 5.62. The van der Waals surface area contributed by atoms with Gasteiger partial charge < -0.3 is 20.1 Å². The highest BCUT2D eigenvalue weighted by atomic mass is 16.5. The number of carboxylic acids is 1. The van der Waals surface area contributed by atoms with E-state index in [2.05, 4.69) is 5.32 Å². The summed E-state index contributed by atoms with van der Waals surface area (Å²) in [5.41, 5.74) is 0. The predicted octanol–water partition coefficient (Wildman–Crippen LogP) is 1.84. The van der Waals surface area contributed by atoms with Crippen molar-refractivity contribution in [2.45, 2.75) is 64.2 Å². The molecule has 1 heterocycles. The lowest BCUT2D eigenvalue weighted by Crippen LogP contribution is -2.55. The number of aliphatic carboxylic acids is 1.